The van der Waals surface area contributed by atoms with Gasteiger partial charge < -0.3 is 4.57 Å². The molecule has 0 radical (unpaired) electrons. The summed E-state index contributed by atoms with van der Waals surface area (Å²) in [6, 6.07) is 21.6. The Kier molecular flexibility index (Phi) is 2.53. The number of nitrogens with zero attached hydrogens (tertiary/aromatic N) is 1. The maximum atomic E-state index is 3.95. The second-order valence-corrected chi connectivity index (χ2v) is 5.54. The predicted molar refractivity (Wildman–Crippen MR) is 84.3 cm³/mol. The summed E-state index contributed by atoms with van der Waals surface area (Å²) >= 11 is 0. The molecule has 0 N–H and O–H groups in total. The minimum Gasteiger partial charge on any atom is -0.313 e. The van der Waals surface area contributed by atoms with Crippen LogP contribution in [0.1, 0.15) is 18.0 Å². The van der Waals surface area contributed by atoms with E-state index in [4.69, 9.17) is 0 Å². The van der Waals surface area contributed by atoms with Gasteiger partial charge in [0.05, 0.1) is 5.52 Å². The van der Waals surface area contributed by atoms with Crippen LogP contribution < -0.4 is 0 Å². The van der Waals surface area contributed by atoms with Gasteiger partial charge in [-0.3, -0.25) is 0 Å². The summed E-state index contributed by atoms with van der Waals surface area (Å²) in [6.07, 6.45) is 3.32. The number of allylic oxidation sites excluding steroid dienone is 1. The summed E-state index contributed by atoms with van der Waals surface area (Å²) < 4.78 is 2.41. The van der Waals surface area contributed by atoms with Crippen molar-refractivity contribution >= 4 is 10.9 Å². The van der Waals surface area contributed by atoms with Gasteiger partial charge in [-0.25, -0.2) is 0 Å². The molecule has 1 heteroatoms. The van der Waals surface area contributed by atoms with Crippen molar-refractivity contribution in [1.29, 1.82) is 0 Å². The molecule has 4 rings (SSSR count). The topological polar surface area (TPSA) is 4.93 Å². The summed E-state index contributed by atoms with van der Waals surface area (Å²) in [5.74, 6) is 1.27. The van der Waals surface area contributed by atoms with Crippen molar-refractivity contribution in [2.75, 3.05) is 0 Å². The van der Waals surface area contributed by atoms with Gasteiger partial charge in [0, 0.05) is 22.7 Å². The SMILES string of the molecule is C=CC1CC1c1cc2ccccc2n1-c1ccccc1. The van der Waals surface area contributed by atoms with Crippen molar-refractivity contribution in [2.24, 2.45) is 5.92 Å². The maximum absolute atomic E-state index is 3.95. The monoisotopic (exact) mass is 259 g/mol. The molecule has 1 heterocycles. The Morgan fingerprint density at radius 3 is 2.50 bits per heavy atom. The lowest BCUT2D eigenvalue weighted by Gasteiger charge is -2.10. The largest absolute Gasteiger partial charge is 0.313 e. The molecule has 20 heavy (non-hydrogen) atoms. The molecule has 1 aromatic heterocycles. The van der Waals surface area contributed by atoms with E-state index in [1.807, 2.05) is 0 Å². The quantitative estimate of drug-likeness (QED) is 0.588. The Labute approximate surface area is 119 Å². The van der Waals surface area contributed by atoms with Gasteiger partial charge in [0.2, 0.25) is 0 Å². The lowest BCUT2D eigenvalue weighted by Crippen LogP contribution is -1.99. The van der Waals surface area contributed by atoms with Crippen molar-refractivity contribution in [3.63, 3.8) is 0 Å². The van der Waals surface area contributed by atoms with Gasteiger partial charge in [-0.05, 0) is 36.6 Å². The van der Waals surface area contributed by atoms with Crippen molar-refractivity contribution < 1.29 is 0 Å². The zero-order valence-electron chi connectivity index (χ0n) is 11.4. The minimum atomic E-state index is 0.625. The lowest BCUT2D eigenvalue weighted by atomic mass is 10.2. The summed E-state index contributed by atoms with van der Waals surface area (Å²) in [7, 11) is 0. The molecule has 0 saturated heterocycles. The smallest absolute Gasteiger partial charge is 0.0531 e. The Morgan fingerprint density at radius 1 is 1.00 bits per heavy atom. The molecule has 0 bridgehead atoms. The number of benzene rings is 2. The molecule has 2 aromatic carbocycles. The summed E-state index contributed by atoms with van der Waals surface area (Å²) in [4.78, 5) is 0. The first-order chi connectivity index (χ1) is 9.88. The van der Waals surface area contributed by atoms with Crippen LogP contribution in [0, 0.1) is 5.92 Å². The van der Waals surface area contributed by atoms with Gasteiger partial charge in [0.15, 0.2) is 0 Å². The number of para-hydroxylation sites is 2. The molecule has 0 spiro atoms. The highest BCUT2D eigenvalue weighted by Gasteiger charge is 2.38. The number of rotatable bonds is 3. The first-order valence-corrected chi connectivity index (χ1v) is 7.17. The first-order valence-electron chi connectivity index (χ1n) is 7.17. The fourth-order valence-electron chi connectivity index (χ4n) is 3.13. The van der Waals surface area contributed by atoms with Crippen LogP contribution in [0.3, 0.4) is 0 Å². The van der Waals surface area contributed by atoms with Gasteiger partial charge in [-0.1, -0.05) is 42.5 Å². The third-order valence-corrected chi connectivity index (χ3v) is 4.28. The van der Waals surface area contributed by atoms with Crippen molar-refractivity contribution in [3.05, 3.63) is 79.0 Å². The molecule has 98 valence electrons. The third-order valence-electron chi connectivity index (χ3n) is 4.28. The van der Waals surface area contributed by atoms with E-state index in [0.717, 1.165) is 0 Å². The first kappa shape index (κ1) is 11.5. The zero-order chi connectivity index (χ0) is 13.5. The fourth-order valence-corrected chi connectivity index (χ4v) is 3.13. The van der Waals surface area contributed by atoms with Crippen LogP contribution in [0.5, 0.6) is 0 Å². The fraction of sp³-hybridized carbons (Fsp3) is 0.158. The Bertz CT molecular complexity index is 767. The van der Waals surface area contributed by atoms with E-state index in [0.29, 0.717) is 11.8 Å². The van der Waals surface area contributed by atoms with Gasteiger partial charge in [0.1, 0.15) is 0 Å². The molecule has 2 unspecified atom stereocenters. The average Bonchev–Trinajstić information content (AvgIpc) is 3.20. The van der Waals surface area contributed by atoms with E-state index >= 15 is 0 Å². The van der Waals surface area contributed by atoms with Gasteiger partial charge in [0.25, 0.3) is 0 Å². The van der Waals surface area contributed by atoms with Crippen LogP contribution in [-0.2, 0) is 0 Å². The van der Waals surface area contributed by atoms with Crippen molar-refractivity contribution in [1.82, 2.24) is 4.57 Å². The highest BCUT2D eigenvalue weighted by Crippen LogP contribution is 2.49. The molecule has 1 nitrogen and oxygen atoms in total. The lowest BCUT2D eigenvalue weighted by molar-refractivity contribution is 0.908. The van der Waals surface area contributed by atoms with Crippen LogP contribution in [0.25, 0.3) is 16.6 Å². The molecule has 0 aliphatic heterocycles. The Balaban J connectivity index is 1.96. The highest BCUT2D eigenvalue weighted by molar-refractivity contribution is 5.83. The number of aromatic nitrogens is 1. The van der Waals surface area contributed by atoms with Crippen LogP contribution in [0.15, 0.2) is 73.3 Å². The van der Waals surface area contributed by atoms with Crippen LogP contribution in [-0.4, -0.2) is 4.57 Å². The standard InChI is InChI=1S/C19H17N/c1-2-14-12-17(14)19-13-15-8-6-7-11-18(15)20(19)16-9-4-3-5-10-16/h2-11,13-14,17H,1,12H2. The van der Waals surface area contributed by atoms with E-state index in [1.54, 1.807) is 0 Å². The number of fused-ring (bicyclic) bond motifs is 1. The molecular weight excluding hydrogens is 242 g/mol. The number of hydrogen-bond donors (Lipinski definition) is 0. The molecule has 1 aliphatic rings. The van der Waals surface area contributed by atoms with Gasteiger partial charge >= 0.3 is 0 Å². The summed E-state index contributed by atoms with van der Waals surface area (Å²) in [5.41, 5.74) is 3.96. The number of hydrogen-bond acceptors (Lipinski definition) is 0. The maximum Gasteiger partial charge on any atom is 0.0531 e. The average molecular weight is 259 g/mol. The van der Waals surface area contributed by atoms with E-state index in [-0.39, 0.29) is 0 Å². The summed E-state index contributed by atoms with van der Waals surface area (Å²) in [6.45, 7) is 3.95. The molecule has 2 atom stereocenters. The summed E-state index contributed by atoms with van der Waals surface area (Å²) in [5, 5.41) is 1.32. The predicted octanol–water partition coefficient (Wildman–Crippen LogP) is 4.92. The molecule has 0 amide bonds. The second kappa shape index (κ2) is 4.38. The molecular formula is C19H17N. The van der Waals surface area contributed by atoms with Crippen LogP contribution in [0.2, 0.25) is 0 Å². The Hall–Kier alpha value is -2.28. The van der Waals surface area contributed by atoms with E-state index < -0.39 is 0 Å². The van der Waals surface area contributed by atoms with E-state index in [1.165, 1.54) is 28.7 Å². The minimum absolute atomic E-state index is 0.625. The van der Waals surface area contributed by atoms with Crippen molar-refractivity contribution in [2.45, 2.75) is 12.3 Å². The molecule has 1 saturated carbocycles. The van der Waals surface area contributed by atoms with Gasteiger partial charge in [-0.15, -0.1) is 6.58 Å². The van der Waals surface area contributed by atoms with Crippen LogP contribution in [0.4, 0.5) is 0 Å². The normalized spacial score (nSPS) is 21.0. The second-order valence-electron chi connectivity index (χ2n) is 5.54. The van der Waals surface area contributed by atoms with E-state index in [9.17, 15) is 0 Å². The zero-order valence-corrected chi connectivity index (χ0v) is 11.4. The van der Waals surface area contributed by atoms with Crippen molar-refractivity contribution in [3.8, 4) is 5.69 Å². The highest BCUT2D eigenvalue weighted by atomic mass is 15.0. The molecule has 3 aromatic rings. The van der Waals surface area contributed by atoms with E-state index in [2.05, 4.69) is 77.9 Å². The third kappa shape index (κ3) is 1.70. The molecule has 1 fully saturated rings. The Morgan fingerprint density at radius 2 is 1.75 bits per heavy atom. The molecule has 1 aliphatic carbocycles. The van der Waals surface area contributed by atoms with Gasteiger partial charge in [-0.2, -0.15) is 0 Å². The van der Waals surface area contributed by atoms with Crippen LogP contribution >= 0.6 is 0 Å².